The molecule has 2 aromatic heterocycles. The van der Waals surface area contributed by atoms with Gasteiger partial charge in [0, 0.05) is 6.20 Å². The van der Waals surface area contributed by atoms with Crippen molar-refractivity contribution in [2.45, 2.75) is 13.5 Å². The average Bonchev–Trinajstić information content (AvgIpc) is 2.67. The van der Waals surface area contributed by atoms with E-state index in [-0.39, 0.29) is 5.91 Å². The molecule has 1 amide bonds. The quantitative estimate of drug-likeness (QED) is 0.859. The van der Waals surface area contributed by atoms with Gasteiger partial charge in [0.25, 0.3) is 5.91 Å². The SMILES string of the molecule is Cc1nc(N)sc1C(=O)NCc1ccccn1. The second-order valence-electron chi connectivity index (χ2n) is 3.47. The van der Waals surface area contributed by atoms with Gasteiger partial charge in [0.05, 0.1) is 17.9 Å². The molecule has 0 bridgehead atoms. The van der Waals surface area contributed by atoms with Crippen molar-refractivity contribution in [3.05, 3.63) is 40.7 Å². The van der Waals surface area contributed by atoms with Crippen LogP contribution < -0.4 is 11.1 Å². The highest BCUT2D eigenvalue weighted by Gasteiger charge is 2.13. The molecule has 0 radical (unpaired) electrons. The number of nitrogens with two attached hydrogens (primary N) is 1. The lowest BCUT2D eigenvalue weighted by Crippen LogP contribution is -2.23. The van der Waals surface area contributed by atoms with Crippen LogP contribution in [0.25, 0.3) is 0 Å². The summed E-state index contributed by atoms with van der Waals surface area (Å²) in [7, 11) is 0. The van der Waals surface area contributed by atoms with Gasteiger partial charge in [-0.15, -0.1) is 0 Å². The van der Waals surface area contributed by atoms with E-state index in [2.05, 4.69) is 15.3 Å². The Morgan fingerprint density at radius 2 is 2.35 bits per heavy atom. The maximum Gasteiger partial charge on any atom is 0.263 e. The molecule has 6 heteroatoms. The molecule has 0 aliphatic rings. The summed E-state index contributed by atoms with van der Waals surface area (Å²) >= 11 is 1.19. The van der Waals surface area contributed by atoms with Gasteiger partial charge >= 0.3 is 0 Å². The smallest absolute Gasteiger partial charge is 0.263 e. The van der Waals surface area contributed by atoms with Crippen molar-refractivity contribution in [3.63, 3.8) is 0 Å². The lowest BCUT2D eigenvalue weighted by Gasteiger charge is -2.02. The summed E-state index contributed by atoms with van der Waals surface area (Å²) in [5, 5.41) is 3.19. The van der Waals surface area contributed by atoms with E-state index in [4.69, 9.17) is 5.73 Å². The standard InChI is InChI=1S/C11H12N4OS/c1-7-9(17-11(12)15-7)10(16)14-6-8-4-2-3-5-13-8/h2-5H,6H2,1H3,(H2,12,15)(H,14,16). The monoisotopic (exact) mass is 248 g/mol. The molecule has 0 aliphatic heterocycles. The van der Waals surface area contributed by atoms with Crippen LogP contribution in [0.2, 0.25) is 0 Å². The van der Waals surface area contributed by atoms with E-state index in [1.807, 2.05) is 18.2 Å². The molecule has 3 N–H and O–H groups in total. The number of carbonyl (C=O) groups is 1. The molecule has 0 saturated heterocycles. The third kappa shape index (κ3) is 2.79. The molecule has 0 spiro atoms. The predicted molar refractivity (Wildman–Crippen MR) is 66.7 cm³/mol. The van der Waals surface area contributed by atoms with Gasteiger partial charge in [-0.3, -0.25) is 9.78 Å². The van der Waals surface area contributed by atoms with Crippen LogP contribution in [0.15, 0.2) is 24.4 Å². The number of nitrogen functional groups attached to an aromatic ring is 1. The summed E-state index contributed by atoms with van der Waals surface area (Å²) in [4.78, 5) is 20.5. The zero-order chi connectivity index (χ0) is 12.3. The van der Waals surface area contributed by atoms with Crippen LogP contribution in [-0.4, -0.2) is 15.9 Å². The number of nitrogens with zero attached hydrogens (tertiary/aromatic N) is 2. The zero-order valence-corrected chi connectivity index (χ0v) is 10.1. The number of carbonyl (C=O) groups excluding carboxylic acids is 1. The largest absolute Gasteiger partial charge is 0.375 e. The normalized spacial score (nSPS) is 10.2. The van der Waals surface area contributed by atoms with Crippen LogP contribution in [0.1, 0.15) is 21.1 Å². The molecule has 0 aliphatic carbocycles. The summed E-state index contributed by atoms with van der Waals surface area (Å²) in [6.45, 7) is 2.17. The first-order valence-corrected chi connectivity index (χ1v) is 5.89. The minimum atomic E-state index is -0.164. The molecule has 5 nitrogen and oxygen atoms in total. The number of hydrogen-bond acceptors (Lipinski definition) is 5. The maximum atomic E-state index is 11.8. The number of aromatic nitrogens is 2. The molecular weight excluding hydrogens is 236 g/mol. The summed E-state index contributed by atoms with van der Waals surface area (Å²) in [6, 6.07) is 5.57. The van der Waals surface area contributed by atoms with Crippen LogP contribution >= 0.6 is 11.3 Å². The molecule has 17 heavy (non-hydrogen) atoms. The van der Waals surface area contributed by atoms with Gasteiger partial charge in [-0.1, -0.05) is 17.4 Å². The third-order valence-electron chi connectivity index (χ3n) is 2.18. The van der Waals surface area contributed by atoms with Crippen molar-refractivity contribution in [2.24, 2.45) is 0 Å². The van der Waals surface area contributed by atoms with Gasteiger partial charge in [-0.25, -0.2) is 4.98 Å². The number of nitrogens with one attached hydrogen (secondary N) is 1. The Balaban J connectivity index is 2.01. The van der Waals surface area contributed by atoms with Gasteiger partial charge in [-0.2, -0.15) is 0 Å². The molecule has 0 atom stereocenters. The number of rotatable bonds is 3. The molecule has 0 saturated carbocycles. The van der Waals surface area contributed by atoms with E-state index in [0.717, 1.165) is 5.69 Å². The van der Waals surface area contributed by atoms with Crippen LogP contribution in [0.3, 0.4) is 0 Å². The minimum absolute atomic E-state index is 0.164. The highest BCUT2D eigenvalue weighted by molar-refractivity contribution is 7.17. The summed E-state index contributed by atoms with van der Waals surface area (Å²) in [5.41, 5.74) is 7.01. The Morgan fingerprint density at radius 1 is 1.53 bits per heavy atom. The second kappa shape index (κ2) is 4.92. The average molecular weight is 248 g/mol. The second-order valence-corrected chi connectivity index (χ2v) is 4.50. The third-order valence-corrected chi connectivity index (χ3v) is 3.16. The van der Waals surface area contributed by atoms with Crippen LogP contribution in [0.5, 0.6) is 0 Å². The molecular formula is C11H12N4OS. The van der Waals surface area contributed by atoms with Gasteiger partial charge in [0.1, 0.15) is 4.88 Å². The van der Waals surface area contributed by atoms with Crippen molar-refractivity contribution in [1.29, 1.82) is 0 Å². The molecule has 0 fully saturated rings. The van der Waals surface area contributed by atoms with Gasteiger partial charge in [0.2, 0.25) is 0 Å². The van der Waals surface area contributed by atoms with Gasteiger partial charge in [-0.05, 0) is 19.1 Å². The van der Waals surface area contributed by atoms with Crippen LogP contribution in [-0.2, 0) is 6.54 Å². The molecule has 88 valence electrons. The predicted octanol–water partition coefficient (Wildman–Crippen LogP) is 1.36. The van der Waals surface area contributed by atoms with Crippen molar-refractivity contribution in [2.75, 3.05) is 5.73 Å². The minimum Gasteiger partial charge on any atom is -0.375 e. The number of hydrogen-bond donors (Lipinski definition) is 2. The van der Waals surface area contributed by atoms with E-state index in [9.17, 15) is 4.79 Å². The maximum absolute atomic E-state index is 11.8. The van der Waals surface area contributed by atoms with Crippen LogP contribution in [0.4, 0.5) is 5.13 Å². The summed E-state index contributed by atoms with van der Waals surface area (Å²) < 4.78 is 0. The van der Waals surface area contributed by atoms with E-state index >= 15 is 0 Å². The highest BCUT2D eigenvalue weighted by atomic mass is 32.1. The first-order chi connectivity index (χ1) is 8.16. The fraction of sp³-hybridized carbons (Fsp3) is 0.182. The number of aryl methyl sites for hydroxylation is 1. The van der Waals surface area contributed by atoms with Gasteiger partial charge < -0.3 is 11.1 Å². The first-order valence-electron chi connectivity index (χ1n) is 5.08. The molecule has 2 heterocycles. The number of thiazole rings is 1. The molecule has 0 unspecified atom stereocenters. The molecule has 2 aromatic rings. The summed E-state index contributed by atoms with van der Waals surface area (Å²) in [6.07, 6.45) is 1.69. The van der Waals surface area contributed by atoms with E-state index in [1.165, 1.54) is 11.3 Å². The Morgan fingerprint density at radius 3 is 2.94 bits per heavy atom. The number of anilines is 1. The lowest BCUT2D eigenvalue weighted by molar-refractivity contribution is 0.0953. The Hall–Kier alpha value is -1.95. The topological polar surface area (TPSA) is 80.9 Å². The Labute approximate surface area is 103 Å². The van der Waals surface area contributed by atoms with Gasteiger partial charge in [0.15, 0.2) is 5.13 Å². The molecule has 0 aromatic carbocycles. The summed E-state index contributed by atoms with van der Waals surface area (Å²) in [5.74, 6) is -0.164. The van der Waals surface area contributed by atoms with Crippen molar-refractivity contribution < 1.29 is 4.79 Å². The zero-order valence-electron chi connectivity index (χ0n) is 9.30. The van der Waals surface area contributed by atoms with Crippen LogP contribution in [0, 0.1) is 6.92 Å². The van der Waals surface area contributed by atoms with E-state index < -0.39 is 0 Å². The Bertz CT molecular complexity index is 524. The van der Waals surface area contributed by atoms with E-state index in [1.54, 1.807) is 13.1 Å². The fourth-order valence-corrected chi connectivity index (χ4v) is 2.13. The lowest BCUT2D eigenvalue weighted by atomic mass is 10.3. The highest BCUT2D eigenvalue weighted by Crippen LogP contribution is 2.19. The van der Waals surface area contributed by atoms with Crippen molar-refractivity contribution in [3.8, 4) is 0 Å². The number of pyridine rings is 1. The molecule has 2 rings (SSSR count). The van der Waals surface area contributed by atoms with E-state index in [0.29, 0.717) is 22.2 Å². The number of amides is 1. The Kier molecular flexibility index (Phi) is 3.34. The van der Waals surface area contributed by atoms with Crippen molar-refractivity contribution >= 4 is 22.4 Å². The van der Waals surface area contributed by atoms with Crippen molar-refractivity contribution in [1.82, 2.24) is 15.3 Å². The first kappa shape index (κ1) is 11.5. The fourth-order valence-electron chi connectivity index (χ4n) is 1.38.